The summed E-state index contributed by atoms with van der Waals surface area (Å²) in [4.78, 5) is 20.3. The van der Waals surface area contributed by atoms with Gasteiger partial charge in [0.15, 0.2) is 0 Å². The quantitative estimate of drug-likeness (QED) is 0.488. The zero-order chi connectivity index (χ0) is 17.4. The molecular weight excluding hydrogens is 388 g/mol. The van der Waals surface area contributed by atoms with Crippen LogP contribution in [0, 0.1) is 6.92 Å². The van der Waals surface area contributed by atoms with Crippen molar-refractivity contribution in [3.8, 4) is 0 Å². The number of hydrogen-bond acceptors (Lipinski definition) is 6. The Kier molecular flexibility index (Phi) is 3.96. The van der Waals surface area contributed by atoms with E-state index in [4.69, 9.17) is 9.15 Å². The molecule has 4 rings (SSSR count). The van der Waals surface area contributed by atoms with Crippen LogP contribution in [0.4, 0.5) is 0 Å². The lowest BCUT2D eigenvalue weighted by atomic mass is 10.2. The summed E-state index contributed by atoms with van der Waals surface area (Å²) in [6, 6.07) is 9.51. The first-order valence-corrected chi connectivity index (χ1v) is 8.43. The van der Waals surface area contributed by atoms with Gasteiger partial charge in [0.2, 0.25) is 0 Å². The number of benzene rings is 1. The van der Waals surface area contributed by atoms with E-state index in [2.05, 4.69) is 31.0 Å². The average Bonchev–Trinajstić information content (AvgIpc) is 3.18. The molecule has 0 fully saturated rings. The third kappa shape index (κ3) is 3.12. The summed E-state index contributed by atoms with van der Waals surface area (Å²) in [6.07, 6.45) is 2.09. The average molecular weight is 401 g/mol. The van der Waals surface area contributed by atoms with Crippen LogP contribution in [-0.4, -0.2) is 32.2 Å². The summed E-state index contributed by atoms with van der Waals surface area (Å²) in [6.45, 7) is 2.04. The zero-order valence-corrected chi connectivity index (χ0v) is 14.9. The number of halogens is 1. The smallest absolute Gasteiger partial charge is 0.378 e. The molecule has 3 aromatic heterocycles. The molecule has 4 aromatic rings. The molecule has 0 aliphatic rings. The molecule has 7 nitrogen and oxygen atoms in total. The van der Waals surface area contributed by atoms with Crippen LogP contribution >= 0.6 is 15.9 Å². The number of carbonyl (C=O) groups is 1. The Morgan fingerprint density at radius 3 is 3.04 bits per heavy atom. The Balaban J connectivity index is 1.43. The van der Waals surface area contributed by atoms with Crippen LogP contribution in [0.2, 0.25) is 0 Å². The second-order valence-electron chi connectivity index (χ2n) is 5.51. The van der Waals surface area contributed by atoms with Crippen molar-refractivity contribution in [1.29, 1.82) is 0 Å². The number of hydrogen-bond donors (Lipinski definition) is 0. The Hall–Kier alpha value is -2.74. The van der Waals surface area contributed by atoms with Gasteiger partial charge in [-0.2, -0.15) is 4.98 Å². The molecule has 3 heterocycles. The van der Waals surface area contributed by atoms with E-state index in [0.29, 0.717) is 12.2 Å². The summed E-state index contributed by atoms with van der Waals surface area (Å²) >= 11 is 3.43. The van der Waals surface area contributed by atoms with Gasteiger partial charge in [-0.15, -0.1) is 5.10 Å². The second kappa shape index (κ2) is 6.29. The SMILES string of the molecule is Cc1ccnc2nc(C(=O)OCCc3cc4cc(Br)ccc4o3)nn12. The van der Waals surface area contributed by atoms with E-state index < -0.39 is 5.97 Å². The van der Waals surface area contributed by atoms with E-state index in [0.717, 1.165) is 26.9 Å². The van der Waals surface area contributed by atoms with E-state index in [1.807, 2.05) is 31.2 Å². The molecule has 0 saturated carbocycles. The van der Waals surface area contributed by atoms with Gasteiger partial charge in [0.05, 0.1) is 6.61 Å². The van der Waals surface area contributed by atoms with Crippen LogP contribution in [0.25, 0.3) is 16.7 Å². The predicted molar refractivity (Wildman–Crippen MR) is 93.4 cm³/mol. The van der Waals surface area contributed by atoms with Gasteiger partial charge in [-0.05, 0) is 37.3 Å². The molecule has 0 N–H and O–H groups in total. The van der Waals surface area contributed by atoms with Gasteiger partial charge in [-0.25, -0.2) is 14.3 Å². The number of carbonyl (C=O) groups excluding carboxylic acids is 1. The zero-order valence-electron chi connectivity index (χ0n) is 13.3. The van der Waals surface area contributed by atoms with Crippen LogP contribution < -0.4 is 0 Å². The summed E-state index contributed by atoms with van der Waals surface area (Å²) < 4.78 is 13.5. The molecule has 0 spiro atoms. The fraction of sp³-hybridized carbons (Fsp3) is 0.176. The molecule has 0 aliphatic heterocycles. The minimum Gasteiger partial charge on any atom is -0.461 e. The first kappa shape index (κ1) is 15.8. The van der Waals surface area contributed by atoms with Crippen molar-refractivity contribution in [1.82, 2.24) is 19.6 Å². The number of rotatable bonds is 4. The fourth-order valence-corrected chi connectivity index (χ4v) is 2.87. The minimum atomic E-state index is -0.580. The normalized spacial score (nSPS) is 11.3. The van der Waals surface area contributed by atoms with Crippen LogP contribution in [0.3, 0.4) is 0 Å². The maximum atomic E-state index is 12.1. The molecule has 25 heavy (non-hydrogen) atoms. The highest BCUT2D eigenvalue weighted by atomic mass is 79.9. The van der Waals surface area contributed by atoms with E-state index in [1.54, 1.807) is 12.3 Å². The van der Waals surface area contributed by atoms with Gasteiger partial charge in [0.25, 0.3) is 11.6 Å². The highest BCUT2D eigenvalue weighted by molar-refractivity contribution is 9.10. The molecule has 0 atom stereocenters. The number of nitrogens with zero attached hydrogens (tertiary/aromatic N) is 4. The van der Waals surface area contributed by atoms with E-state index in [1.165, 1.54) is 4.52 Å². The van der Waals surface area contributed by atoms with Gasteiger partial charge < -0.3 is 9.15 Å². The lowest BCUT2D eigenvalue weighted by Gasteiger charge is -1.99. The second-order valence-corrected chi connectivity index (χ2v) is 6.43. The maximum absolute atomic E-state index is 12.1. The van der Waals surface area contributed by atoms with Crippen molar-refractivity contribution < 1.29 is 13.9 Å². The van der Waals surface area contributed by atoms with Gasteiger partial charge in [-0.1, -0.05) is 15.9 Å². The number of aromatic nitrogens is 4. The lowest BCUT2D eigenvalue weighted by molar-refractivity contribution is 0.0491. The van der Waals surface area contributed by atoms with Gasteiger partial charge >= 0.3 is 5.97 Å². The molecular formula is C17H13BrN4O3. The van der Waals surface area contributed by atoms with E-state index >= 15 is 0 Å². The Morgan fingerprint density at radius 2 is 2.20 bits per heavy atom. The van der Waals surface area contributed by atoms with Crippen molar-refractivity contribution in [2.45, 2.75) is 13.3 Å². The first-order chi connectivity index (χ1) is 12.1. The Bertz CT molecular complexity index is 1090. The summed E-state index contributed by atoms with van der Waals surface area (Å²) in [5.74, 6) is 0.537. The predicted octanol–water partition coefficient (Wildman–Crippen LogP) is 3.34. The highest BCUT2D eigenvalue weighted by Gasteiger charge is 2.16. The van der Waals surface area contributed by atoms with Crippen molar-refractivity contribution in [3.05, 3.63) is 58.3 Å². The highest BCUT2D eigenvalue weighted by Crippen LogP contribution is 2.23. The summed E-state index contributed by atoms with van der Waals surface area (Å²) in [5, 5.41) is 5.12. The Morgan fingerprint density at radius 1 is 1.32 bits per heavy atom. The van der Waals surface area contributed by atoms with Gasteiger partial charge in [-0.3, -0.25) is 0 Å². The van der Waals surface area contributed by atoms with Crippen LogP contribution in [0.1, 0.15) is 22.1 Å². The molecule has 0 aliphatic carbocycles. The number of esters is 1. The lowest BCUT2D eigenvalue weighted by Crippen LogP contribution is -2.10. The number of fused-ring (bicyclic) bond motifs is 2. The molecule has 0 amide bonds. The molecule has 1 aromatic carbocycles. The largest absolute Gasteiger partial charge is 0.461 e. The van der Waals surface area contributed by atoms with E-state index in [-0.39, 0.29) is 12.4 Å². The summed E-state index contributed by atoms with van der Waals surface area (Å²) in [5.41, 5.74) is 1.64. The molecule has 0 radical (unpaired) electrons. The van der Waals surface area contributed by atoms with Crippen LogP contribution in [0.5, 0.6) is 0 Å². The number of ether oxygens (including phenoxy) is 1. The molecule has 0 unspecified atom stereocenters. The molecule has 0 saturated heterocycles. The number of aryl methyl sites for hydroxylation is 1. The minimum absolute atomic E-state index is 0.00432. The van der Waals surface area contributed by atoms with Gasteiger partial charge in [0, 0.05) is 28.2 Å². The van der Waals surface area contributed by atoms with E-state index in [9.17, 15) is 4.79 Å². The van der Waals surface area contributed by atoms with Crippen LogP contribution in [-0.2, 0) is 11.2 Å². The van der Waals surface area contributed by atoms with Crippen molar-refractivity contribution in [3.63, 3.8) is 0 Å². The van der Waals surface area contributed by atoms with Crippen molar-refractivity contribution in [2.24, 2.45) is 0 Å². The van der Waals surface area contributed by atoms with Crippen LogP contribution in [0.15, 0.2) is 45.4 Å². The third-order valence-electron chi connectivity index (χ3n) is 3.72. The monoisotopic (exact) mass is 400 g/mol. The molecule has 126 valence electrons. The first-order valence-electron chi connectivity index (χ1n) is 7.63. The van der Waals surface area contributed by atoms with Crippen molar-refractivity contribution in [2.75, 3.05) is 6.61 Å². The summed E-state index contributed by atoms with van der Waals surface area (Å²) in [7, 11) is 0. The Labute approximate surface area is 150 Å². The third-order valence-corrected chi connectivity index (χ3v) is 4.22. The van der Waals surface area contributed by atoms with Crippen molar-refractivity contribution >= 4 is 38.6 Å². The van der Waals surface area contributed by atoms with Gasteiger partial charge in [0.1, 0.15) is 11.3 Å². The topological polar surface area (TPSA) is 82.5 Å². The maximum Gasteiger partial charge on any atom is 0.378 e. The standard InChI is InChI=1S/C17H13BrN4O3/c1-10-4-6-19-17-20-15(21-22(10)17)16(23)24-7-5-13-9-11-8-12(18)2-3-14(11)25-13/h2-4,6,8-9H,5,7H2,1H3. The molecule has 8 heteroatoms. The fourth-order valence-electron chi connectivity index (χ4n) is 2.49. The molecule has 0 bridgehead atoms. The number of furan rings is 1.